The first kappa shape index (κ1) is 22.7. The van der Waals surface area contributed by atoms with Crippen LogP contribution in [0, 0.1) is 5.92 Å². The summed E-state index contributed by atoms with van der Waals surface area (Å²) in [6.07, 6.45) is 16.5. The van der Waals surface area contributed by atoms with Gasteiger partial charge in [0.25, 0.3) is 0 Å². The van der Waals surface area contributed by atoms with Crippen molar-refractivity contribution < 1.29 is 0 Å². The molecule has 1 aliphatic rings. The molecule has 0 spiro atoms. The van der Waals surface area contributed by atoms with Crippen LogP contribution >= 0.6 is 0 Å². The molecular formula is C30H28N8. The lowest BCUT2D eigenvalue weighted by molar-refractivity contribution is 0.489. The van der Waals surface area contributed by atoms with Crippen molar-refractivity contribution in [3.63, 3.8) is 0 Å². The molecule has 3 N–H and O–H groups in total. The molecule has 0 bridgehead atoms. The minimum atomic E-state index is 0.699. The van der Waals surface area contributed by atoms with E-state index in [1.165, 1.54) is 31.2 Å². The van der Waals surface area contributed by atoms with Gasteiger partial charge < -0.3 is 10.3 Å². The molecule has 0 amide bonds. The van der Waals surface area contributed by atoms with Crippen LogP contribution in [-0.4, -0.2) is 41.7 Å². The number of hydrogen-bond donors (Lipinski definition) is 3. The maximum absolute atomic E-state index is 4.94. The number of fused-ring (bicyclic) bond motifs is 2. The van der Waals surface area contributed by atoms with Crippen molar-refractivity contribution in [3.8, 4) is 33.8 Å². The Hall–Kier alpha value is -4.43. The predicted molar refractivity (Wildman–Crippen MR) is 149 cm³/mol. The summed E-state index contributed by atoms with van der Waals surface area (Å²) in [5.41, 5.74) is 8.72. The van der Waals surface area contributed by atoms with E-state index in [2.05, 4.69) is 59.7 Å². The first-order valence-corrected chi connectivity index (χ1v) is 13.2. The molecule has 0 atom stereocenters. The first-order valence-electron chi connectivity index (χ1n) is 13.2. The van der Waals surface area contributed by atoms with Gasteiger partial charge in [0, 0.05) is 59.6 Å². The molecule has 1 aromatic carbocycles. The molecular weight excluding hydrogens is 472 g/mol. The third-order valence-electron chi connectivity index (χ3n) is 7.52. The van der Waals surface area contributed by atoms with E-state index in [0.29, 0.717) is 5.82 Å². The molecule has 0 radical (unpaired) electrons. The van der Waals surface area contributed by atoms with Gasteiger partial charge in [-0.25, -0.2) is 4.98 Å². The van der Waals surface area contributed by atoms with E-state index in [1.807, 2.05) is 36.9 Å². The Morgan fingerprint density at radius 2 is 1.74 bits per heavy atom. The number of nitrogens with one attached hydrogen (secondary N) is 3. The SMILES string of the molecule is c1cncc(-c2cncc3[nH]c(-c4n[nH]c5ccc(-c6cncc(CNCC7CCCC7)c6)cc45)nc23)c1. The van der Waals surface area contributed by atoms with E-state index in [1.54, 1.807) is 12.4 Å². The minimum Gasteiger partial charge on any atom is -0.335 e. The van der Waals surface area contributed by atoms with Crippen LogP contribution < -0.4 is 5.32 Å². The van der Waals surface area contributed by atoms with E-state index in [9.17, 15) is 0 Å². The Morgan fingerprint density at radius 1 is 0.842 bits per heavy atom. The lowest BCUT2D eigenvalue weighted by atomic mass is 10.0. The van der Waals surface area contributed by atoms with Crippen LogP contribution in [0.25, 0.3) is 55.7 Å². The number of aromatic nitrogens is 7. The van der Waals surface area contributed by atoms with Crippen molar-refractivity contribution in [2.45, 2.75) is 32.2 Å². The summed E-state index contributed by atoms with van der Waals surface area (Å²) < 4.78 is 0. The number of H-pyrrole nitrogens is 2. The van der Waals surface area contributed by atoms with Gasteiger partial charge in [-0.15, -0.1) is 0 Å². The summed E-state index contributed by atoms with van der Waals surface area (Å²) in [5.74, 6) is 1.52. The maximum atomic E-state index is 4.94. The van der Waals surface area contributed by atoms with E-state index in [-0.39, 0.29) is 0 Å². The molecule has 1 fully saturated rings. The first-order chi connectivity index (χ1) is 18.8. The maximum Gasteiger partial charge on any atom is 0.159 e. The average Bonchev–Trinajstić information content (AvgIpc) is 3.73. The fraction of sp³-hybridized carbons (Fsp3) is 0.233. The van der Waals surface area contributed by atoms with Crippen molar-refractivity contribution in [3.05, 3.63) is 79.1 Å². The molecule has 0 aliphatic heterocycles. The van der Waals surface area contributed by atoms with Gasteiger partial charge in [-0.2, -0.15) is 5.10 Å². The summed E-state index contributed by atoms with van der Waals surface area (Å²) in [5, 5.41) is 12.4. The van der Waals surface area contributed by atoms with Crippen LogP contribution in [0.4, 0.5) is 0 Å². The number of aromatic amines is 2. The molecule has 8 nitrogen and oxygen atoms in total. The summed E-state index contributed by atoms with van der Waals surface area (Å²) in [4.78, 5) is 21.6. The highest BCUT2D eigenvalue weighted by molar-refractivity contribution is 5.97. The molecule has 8 heteroatoms. The number of hydrogen-bond acceptors (Lipinski definition) is 6. The number of rotatable bonds is 7. The molecule has 0 saturated heterocycles. The zero-order valence-corrected chi connectivity index (χ0v) is 21.0. The molecule has 0 unspecified atom stereocenters. The molecule has 38 heavy (non-hydrogen) atoms. The number of pyridine rings is 3. The van der Waals surface area contributed by atoms with Gasteiger partial charge in [0.15, 0.2) is 5.82 Å². The highest BCUT2D eigenvalue weighted by Crippen LogP contribution is 2.32. The van der Waals surface area contributed by atoms with Crippen LogP contribution in [0.15, 0.2) is 73.6 Å². The molecule has 5 heterocycles. The Kier molecular flexibility index (Phi) is 5.86. The zero-order chi connectivity index (χ0) is 25.3. The third kappa shape index (κ3) is 4.33. The smallest absolute Gasteiger partial charge is 0.159 e. The lowest BCUT2D eigenvalue weighted by Gasteiger charge is -2.11. The van der Waals surface area contributed by atoms with Crippen LogP contribution in [0.1, 0.15) is 31.2 Å². The Labute approximate surface area is 220 Å². The van der Waals surface area contributed by atoms with Gasteiger partial charge in [-0.1, -0.05) is 25.0 Å². The van der Waals surface area contributed by atoms with E-state index < -0.39 is 0 Å². The minimum absolute atomic E-state index is 0.699. The third-order valence-corrected chi connectivity index (χ3v) is 7.52. The molecule has 6 aromatic rings. The molecule has 1 aliphatic carbocycles. The van der Waals surface area contributed by atoms with Gasteiger partial charge >= 0.3 is 0 Å². The monoisotopic (exact) mass is 500 g/mol. The van der Waals surface area contributed by atoms with Gasteiger partial charge in [0.05, 0.1) is 17.2 Å². The Morgan fingerprint density at radius 3 is 2.63 bits per heavy atom. The highest BCUT2D eigenvalue weighted by atomic mass is 15.1. The fourth-order valence-corrected chi connectivity index (χ4v) is 5.53. The van der Waals surface area contributed by atoms with Crippen LogP contribution in [0.5, 0.6) is 0 Å². The fourth-order valence-electron chi connectivity index (χ4n) is 5.53. The summed E-state index contributed by atoms with van der Waals surface area (Å²) in [6, 6.07) is 12.5. The zero-order valence-electron chi connectivity index (χ0n) is 21.0. The topological polar surface area (TPSA) is 108 Å². The van der Waals surface area contributed by atoms with E-state index in [0.717, 1.165) is 68.9 Å². The van der Waals surface area contributed by atoms with Crippen molar-refractivity contribution in [2.24, 2.45) is 5.92 Å². The highest BCUT2D eigenvalue weighted by Gasteiger charge is 2.17. The van der Waals surface area contributed by atoms with Crippen molar-refractivity contribution >= 4 is 21.9 Å². The van der Waals surface area contributed by atoms with Gasteiger partial charge in [0.1, 0.15) is 11.2 Å². The summed E-state index contributed by atoms with van der Waals surface area (Å²) >= 11 is 0. The van der Waals surface area contributed by atoms with Crippen LogP contribution in [0.3, 0.4) is 0 Å². The second kappa shape index (κ2) is 9.79. The quantitative estimate of drug-likeness (QED) is 0.252. The van der Waals surface area contributed by atoms with E-state index in [4.69, 9.17) is 4.98 Å². The normalized spacial score (nSPS) is 14.1. The van der Waals surface area contributed by atoms with Crippen LogP contribution in [-0.2, 0) is 6.54 Å². The van der Waals surface area contributed by atoms with E-state index >= 15 is 0 Å². The largest absolute Gasteiger partial charge is 0.335 e. The summed E-state index contributed by atoms with van der Waals surface area (Å²) in [6.45, 7) is 1.92. The van der Waals surface area contributed by atoms with Crippen molar-refractivity contribution in [1.82, 2.24) is 40.4 Å². The molecule has 5 aromatic heterocycles. The Balaban J connectivity index is 1.20. The van der Waals surface area contributed by atoms with Crippen molar-refractivity contribution in [2.75, 3.05) is 6.54 Å². The predicted octanol–water partition coefficient (Wildman–Crippen LogP) is 5.91. The van der Waals surface area contributed by atoms with Crippen LogP contribution in [0.2, 0.25) is 0 Å². The average molecular weight is 501 g/mol. The van der Waals surface area contributed by atoms with Gasteiger partial charge in [-0.3, -0.25) is 20.1 Å². The Bertz CT molecular complexity index is 1710. The second-order valence-electron chi connectivity index (χ2n) is 10.1. The van der Waals surface area contributed by atoms with Gasteiger partial charge in [0.2, 0.25) is 0 Å². The number of benzene rings is 1. The molecule has 7 rings (SSSR count). The molecule has 188 valence electrons. The summed E-state index contributed by atoms with van der Waals surface area (Å²) in [7, 11) is 0. The number of imidazole rings is 1. The van der Waals surface area contributed by atoms with Crippen molar-refractivity contribution in [1.29, 1.82) is 0 Å². The standard InChI is InChI=1S/C30H28N8/c1-2-5-19(4-1)12-32-13-20-10-23(16-33-14-20)21-7-8-26-24(11-21)29(38-37-26)30-35-27-18-34-17-25(28(27)36-30)22-6-3-9-31-15-22/h3,6-11,14-19,32H,1-2,4-5,12-13H2,(H,35,36)(H,37,38). The van der Waals surface area contributed by atoms with Gasteiger partial charge in [-0.05, 0) is 60.7 Å². The molecule has 1 saturated carbocycles. The number of nitrogens with zero attached hydrogens (tertiary/aromatic N) is 5. The second-order valence-corrected chi connectivity index (χ2v) is 10.1. The lowest BCUT2D eigenvalue weighted by Crippen LogP contribution is -2.20.